The molecule has 0 saturated carbocycles. The monoisotopic (exact) mass is 327 g/mol. The topological polar surface area (TPSA) is 35.2 Å². The average Bonchev–Trinajstić information content (AvgIpc) is 2.48. The summed E-state index contributed by atoms with van der Waals surface area (Å²) >= 11 is 0. The smallest absolute Gasteiger partial charge is 0.428 e. The second kappa shape index (κ2) is 7.35. The van der Waals surface area contributed by atoms with Crippen LogP contribution in [0.3, 0.4) is 0 Å². The first-order valence-corrected chi connectivity index (χ1v) is 7.16. The highest BCUT2D eigenvalue weighted by Gasteiger charge is 2.44. The molecule has 2 aromatic rings. The fourth-order valence-electron chi connectivity index (χ4n) is 2.23. The Labute approximate surface area is 131 Å². The summed E-state index contributed by atoms with van der Waals surface area (Å²) in [5, 5.41) is 0. The minimum absolute atomic E-state index is 0.217. The Balaban J connectivity index is 2.00. The summed E-state index contributed by atoms with van der Waals surface area (Å²) in [6.07, 6.45) is -6.58. The highest BCUT2D eigenvalue weighted by molar-refractivity contribution is 5.40. The van der Waals surface area contributed by atoms with E-state index in [0.29, 0.717) is 30.5 Å². The first-order chi connectivity index (χ1) is 10.9. The van der Waals surface area contributed by atoms with Gasteiger partial charge in [-0.05, 0) is 48.6 Å². The molecule has 0 radical (unpaired) electrons. The lowest BCUT2D eigenvalue weighted by Gasteiger charge is -2.19. The number of halogens is 4. The standard InChI is InChI=1S/C17H17F4NO/c18-16(19)17(20,21)23-15-10-2-1-7-13(15)8-3-5-12-6-4-9-14(22)11-12/h1-2,4,6-7,9-11,16H,3,5,8,22H2. The summed E-state index contributed by atoms with van der Waals surface area (Å²) in [4.78, 5) is 0. The lowest BCUT2D eigenvalue weighted by atomic mass is 10.0. The lowest BCUT2D eigenvalue weighted by Crippen LogP contribution is -2.33. The number of aryl methyl sites for hydroxylation is 2. The minimum Gasteiger partial charge on any atom is -0.428 e. The quantitative estimate of drug-likeness (QED) is 0.592. The van der Waals surface area contributed by atoms with Crippen LogP contribution >= 0.6 is 0 Å². The van der Waals surface area contributed by atoms with E-state index in [1.807, 2.05) is 18.2 Å². The first-order valence-electron chi connectivity index (χ1n) is 7.16. The van der Waals surface area contributed by atoms with Gasteiger partial charge in [0.1, 0.15) is 5.75 Å². The number of benzene rings is 2. The summed E-state index contributed by atoms with van der Waals surface area (Å²) < 4.78 is 54.8. The van der Waals surface area contributed by atoms with Crippen molar-refractivity contribution in [3.8, 4) is 5.75 Å². The second-order valence-corrected chi connectivity index (χ2v) is 5.17. The third-order valence-corrected chi connectivity index (χ3v) is 3.34. The average molecular weight is 327 g/mol. The van der Waals surface area contributed by atoms with Gasteiger partial charge < -0.3 is 10.5 Å². The Kier molecular flexibility index (Phi) is 5.47. The zero-order valence-electron chi connectivity index (χ0n) is 12.3. The molecule has 0 amide bonds. The van der Waals surface area contributed by atoms with Crippen LogP contribution in [0.25, 0.3) is 0 Å². The molecule has 2 rings (SSSR count). The van der Waals surface area contributed by atoms with Gasteiger partial charge >= 0.3 is 12.5 Å². The molecule has 0 aliphatic carbocycles. The van der Waals surface area contributed by atoms with Gasteiger partial charge in [-0.2, -0.15) is 17.6 Å². The highest BCUT2D eigenvalue weighted by atomic mass is 19.3. The van der Waals surface area contributed by atoms with Gasteiger partial charge in [-0.15, -0.1) is 0 Å². The van der Waals surface area contributed by atoms with E-state index in [1.54, 1.807) is 18.2 Å². The predicted molar refractivity (Wildman–Crippen MR) is 80.9 cm³/mol. The molecule has 0 fully saturated rings. The molecule has 0 unspecified atom stereocenters. The molecule has 2 N–H and O–H groups in total. The first kappa shape index (κ1) is 17.1. The number of para-hydroxylation sites is 1. The van der Waals surface area contributed by atoms with Crippen molar-refractivity contribution in [2.24, 2.45) is 0 Å². The van der Waals surface area contributed by atoms with Gasteiger partial charge in [-0.3, -0.25) is 0 Å². The Morgan fingerprint density at radius 2 is 1.74 bits per heavy atom. The van der Waals surface area contributed by atoms with Crippen LogP contribution in [-0.4, -0.2) is 12.5 Å². The van der Waals surface area contributed by atoms with Gasteiger partial charge in [0.2, 0.25) is 0 Å². The van der Waals surface area contributed by atoms with E-state index < -0.39 is 12.5 Å². The Bertz CT molecular complexity index is 646. The second-order valence-electron chi connectivity index (χ2n) is 5.17. The van der Waals surface area contributed by atoms with E-state index in [9.17, 15) is 17.6 Å². The van der Waals surface area contributed by atoms with Crippen LogP contribution in [0.2, 0.25) is 0 Å². The highest BCUT2D eigenvalue weighted by Crippen LogP contribution is 2.30. The molecule has 0 spiro atoms. The molecule has 2 nitrogen and oxygen atoms in total. The molecule has 23 heavy (non-hydrogen) atoms. The molecule has 0 saturated heterocycles. The van der Waals surface area contributed by atoms with Crippen LogP contribution in [0.1, 0.15) is 17.5 Å². The normalized spacial score (nSPS) is 11.7. The Morgan fingerprint density at radius 1 is 1.00 bits per heavy atom. The van der Waals surface area contributed by atoms with Crippen LogP contribution < -0.4 is 10.5 Å². The number of ether oxygens (including phenoxy) is 1. The Morgan fingerprint density at radius 3 is 2.43 bits per heavy atom. The summed E-state index contributed by atoms with van der Waals surface area (Å²) in [6, 6.07) is 13.4. The molecular weight excluding hydrogens is 310 g/mol. The van der Waals surface area contributed by atoms with Gasteiger partial charge in [0, 0.05) is 5.69 Å². The minimum atomic E-state index is -4.50. The van der Waals surface area contributed by atoms with Crippen molar-refractivity contribution in [1.29, 1.82) is 0 Å². The summed E-state index contributed by atoms with van der Waals surface area (Å²) in [5.74, 6) is -0.217. The molecular formula is C17H17F4NO. The number of rotatable bonds is 7. The maximum absolute atomic E-state index is 13.1. The zero-order chi connectivity index (χ0) is 16.9. The van der Waals surface area contributed by atoms with E-state index in [2.05, 4.69) is 4.74 Å². The third-order valence-electron chi connectivity index (χ3n) is 3.34. The summed E-state index contributed by atoms with van der Waals surface area (Å²) in [6.45, 7) is 0. The van der Waals surface area contributed by atoms with Gasteiger partial charge in [-0.25, -0.2) is 0 Å². The van der Waals surface area contributed by atoms with Gasteiger partial charge in [0.15, 0.2) is 0 Å². The van der Waals surface area contributed by atoms with Crippen LogP contribution in [0, 0.1) is 0 Å². The van der Waals surface area contributed by atoms with Crippen molar-refractivity contribution < 1.29 is 22.3 Å². The maximum atomic E-state index is 13.1. The third kappa shape index (κ3) is 4.87. The Hall–Kier alpha value is -2.24. The number of alkyl halides is 4. The molecule has 0 bridgehead atoms. The van der Waals surface area contributed by atoms with E-state index >= 15 is 0 Å². The maximum Gasteiger partial charge on any atom is 0.461 e. The molecule has 0 heterocycles. The van der Waals surface area contributed by atoms with Crippen LogP contribution in [0.4, 0.5) is 23.2 Å². The van der Waals surface area contributed by atoms with E-state index in [0.717, 1.165) is 5.56 Å². The number of hydrogen-bond donors (Lipinski definition) is 1. The van der Waals surface area contributed by atoms with Crippen LogP contribution in [0.15, 0.2) is 48.5 Å². The van der Waals surface area contributed by atoms with Crippen molar-refractivity contribution >= 4 is 5.69 Å². The summed E-state index contributed by atoms with van der Waals surface area (Å²) in [7, 11) is 0. The fraction of sp³-hybridized carbons (Fsp3) is 0.294. The van der Waals surface area contributed by atoms with Crippen molar-refractivity contribution in [3.63, 3.8) is 0 Å². The number of anilines is 1. The van der Waals surface area contributed by atoms with Crippen molar-refractivity contribution in [2.75, 3.05) is 5.73 Å². The fourth-order valence-corrected chi connectivity index (χ4v) is 2.23. The van der Waals surface area contributed by atoms with Crippen molar-refractivity contribution in [3.05, 3.63) is 59.7 Å². The van der Waals surface area contributed by atoms with Gasteiger partial charge in [0.05, 0.1) is 0 Å². The van der Waals surface area contributed by atoms with Crippen LogP contribution in [-0.2, 0) is 12.8 Å². The van der Waals surface area contributed by atoms with E-state index in [4.69, 9.17) is 5.73 Å². The number of hydrogen-bond acceptors (Lipinski definition) is 2. The lowest BCUT2D eigenvalue weighted by molar-refractivity contribution is -0.253. The van der Waals surface area contributed by atoms with Gasteiger partial charge in [-0.1, -0.05) is 30.3 Å². The molecule has 2 aromatic carbocycles. The van der Waals surface area contributed by atoms with Crippen molar-refractivity contribution in [1.82, 2.24) is 0 Å². The zero-order valence-corrected chi connectivity index (χ0v) is 12.3. The largest absolute Gasteiger partial charge is 0.461 e. The SMILES string of the molecule is Nc1cccc(CCCc2ccccc2OC(F)(F)C(F)F)c1. The van der Waals surface area contributed by atoms with E-state index in [-0.39, 0.29) is 5.75 Å². The van der Waals surface area contributed by atoms with Crippen molar-refractivity contribution in [2.45, 2.75) is 31.8 Å². The van der Waals surface area contributed by atoms with Crippen LogP contribution in [0.5, 0.6) is 5.75 Å². The van der Waals surface area contributed by atoms with E-state index in [1.165, 1.54) is 12.1 Å². The predicted octanol–water partition coefficient (Wildman–Crippen LogP) is 4.68. The molecule has 0 aliphatic rings. The molecule has 6 heteroatoms. The molecule has 0 atom stereocenters. The molecule has 0 aliphatic heterocycles. The van der Waals surface area contributed by atoms with Gasteiger partial charge in [0.25, 0.3) is 0 Å². The number of nitrogens with two attached hydrogens (primary N) is 1. The molecule has 124 valence electrons. The number of nitrogen functional groups attached to an aromatic ring is 1. The molecule has 0 aromatic heterocycles. The summed E-state index contributed by atoms with van der Waals surface area (Å²) in [5.41, 5.74) is 7.84.